The summed E-state index contributed by atoms with van der Waals surface area (Å²) < 4.78 is 0. The van der Waals surface area contributed by atoms with Crippen molar-refractivity contribution in [2.45, 2.75) is 25.3 Å². The van der Waals surface area contributed by atoms with Gasteiger partial charge in [0.2, 0.25) is 0 Å². The highest BCUT2D eigenvalue weighted by atomic mass is 15.2. The molecule has 3 heterocycles. The van der Waals surface area contributed by atoms with Crippen LogP contribution in [0.4, 0.5) is 0 Å². The Bertz CT molecular complexity index is 697. The minimum atomic E-state index is 0.640. The van der Waals surface area contributed by atoms with Crippen molar-refractivity contribution in [3.63, 3.8) is 0 Å². The first-order valence-corrected chi connectivity index (χ1v) is 7.90. The van der Waals surface area contributed by atoms with Crippen molar-refractivity contribution in [2.75, 3.05) is 13.1 Å². The lowest BCUT2D eigenvalue weighted by atomic mass is 9.80. The van der Waals surface area contributed by atoms with E-state index in [1.54, 1.807) is 5.56 Å². The largest absolute Gasteiger partial charge is 0.357 e. The highest BCUT2D eigenvalue weighted by molar-refractivity contribution is 5.85. The number of allylic oxidation sites excluding steroid dienone is 2. The fourth-order valence-electron chi connectivity index (χ4n) is 4.80. The van der Waals surface area contributed by atoms with Gasteiger partial charge in [0.15, 0.2) is 0 Å². The number of fused-ring (bicyclic) bond motifs is 7. The number of nitrogens with zero attached hydrogens (tertiary/aromatic N) is 1. The SMILES string of the molecule is C1=CC[C@H]2[C@@H](C1)CN1CCc3c([nH]c4ccccc34)[C@H]21. The lowest BCUT2D eigenvalue weighted by Gasteiger charge is -2.33. The first-order valence-electron chi connectivity index (χ1n) is 7.90. The van der Waals surface area contributed by atoms with E-state index in [4.69, 9.17) is 0 Å². The molecule has 0 amide bonds. The zero-order valence-electron chi connectivity index (χ0n) is 11.7. The van der Waals surface area contributed by atoms with Gasteiger partial charge in [-0.1, -0.05) is 30.4 Å². The Balaban J connectivity index is 1.68. The molecule has 102 valence electrons. The minimum absolute atomic E-state index is 0.640. The molecule has 2 aliphatic heterocycles. The molecule has 0 spiro atoms. The fourth-order valence-corrected chi connectivity index (χ4v) is 4.80. The number of H-pyrrole nitrogens is 1. The van der Waals surface area contributed by atoms with Crippen LogP contribution in [0, 0.1) is 11.8 Å². The Morgan fingerprint density at radius 2 is 2.00 bits per heavy atom. The molecule has 1 saturated heterocycles. The van der Waals surface area contributed by atoms with Gasteiger partial charge >= 0.3 is 0 Å². The summed E-state index contributed by atoms with van der Waals surface area (Å²) in [5.41, 5.74) is 4.45. The van der Waals surface area contributed by atoms with Crippen LogP contribution in [-0.4, -0.2) is 23.0 Å². The average molecular weight is 264 g/mol. The smallest absolute Gasteiger partial charge is 0.0536 e. The molecule has 5 rings (SSSR count). The van der Waals surface area contributed by atoms with Crippen LogP contribution in [0.25, 0.3) is 10.9 Å². The number of hydrogen-bond acceptors (Lipinski definition) is 1. The zero-order chi connectivity index (χ0) is 13.1. The van der Waals surface area contributed by atoms with Gasteiger partial charge in [0.1, 0.15) is 0 Å². The van der Waals surface area contributed by atoms with E-state index in [0.717, 1.165) is 11.8 Å². The Labute approximate surface area is 119 Å². The summed E-state index contributed by atoms with van der Waals surface area (Å²) in [5, 5.41) is 1.46. The maximum atomic E-state index is 3.75. The molecule has 1 aliphatic carbocycles. The summed E-state index contributed by atoms with van der Waals surface area (Å²) in [6, 6.07) is 9.46. The highest BCUT2D eigenvalue weighted by Gasteiger charge is 2.45. The molecule has 0 radical (unpaired) electrons. The van der Waals surface area contributed by atoms with Crippen molar-refractivity contribution < 1.29 is 0 Å². The molecule has 0 unspecified atom stereocenters. The van der Waals surface area contributed by atoms with Crippen molar-refractivity contribution >= 4 is 10.9 Å². The van der Waals surface area contributed by atoms with Crippen molar-refractivity contribution in [1.82, 2.24) is 9.88 Å². The summed E-state index contributed by atoms with van der Waals surface area (Å²) in [7, 11) is 0. The van der Waals surface area contributed by atoms with Crippen LogP contribution in [0.1, 0.15) is 30.1 Å². The van der Waals surface area contributed by atoms with Crippen LogP contribution in [0.3, 0.4) is 0 Å². The number of aromatic amines is 1. The van der Waals surface area contributed by atoms with E-state index < -0.39 is 0 Å². The lowest BCUT2D eigenvalue weighted by Crippen LogP contribution is -2.32. The topological polar surface area (TPSA) is 19.0 Å². The molecule has 1 fully saturated rings. The highest BCUT2D eigenvalue weighted by Crippen LogP contribution is 2.49. The van der Waals surface area contributed by atoms with Crippen molar-refractivity contribution in [1.29, 1.82) is 0 Å². The first kappa shape index (κ1) is 11.2. The van der Waals surface area contributed by atoms with E-state index in [-0.39, 0.29) is 0 Å². The molecule has 3 aliphatic rings. The van der Waals surface area contributed by atoms with E-state index in [2.05, 4.69) is 46.3 Å². The van der Waals surface area contributed by atoms with Crippen LogP contribution >= 0.6 is 0 Å². The second-order valence-corrected chi connectivity index (χ2v) is 6.62. The zero-order valence-corrected chi connectivity index (χ0v) is 11.7. The van der Waals surface area contributed by atoms with Crippen LogP contribution in [0.2, 0.25) is 0 Å². The predicted octanol–water partition coefficient (Wildman–Crippen LogP) is 3.66. The average Bonchev–Trinajstić information content (AvgIpc) is 3.04. The number of hydrogen-bond donors (Lipinski definition) is 1. The molecule has 2 heteroatoms. The predicted molar refractivity (Wildman–Crippen MR) is 81.7 cm³/mol. The van der Waals surface area contributed by atoms with Crippen LogP contribution in [-0.2, 0) is 6.42 Å². The molecule has 1 N–H and O–H groups in total. The summed E-state index contributed by atoms with van der Waals surface area (Å²) in [6.07, 6.45) is 8.56. The Morgan fingerprint density at radius 1 is 1.10 bits per heavy atom. The number of aromatic nitrogens is 1. The molecule has 0 bridgehead atoms. The van der Waals surface area contributed by atoms with E-state index in [1.165, 1.54) is 48.9 Å². The third-order valence-corrected chi connectivity index (χ3v) is 5.68. The number of benzene rings is 1. The standard InChI is InChI=1S/C18H20N2/c1-2-6-13-12(5-1)11-20-10-9-15-14-7-3-4-8-16(14)19-17(15)18(13)20/h1-4,7-8,12-13,18-19H,5-6,9-11H2/t12-,13-,18-/m0/s1. The maximum Gasteiger partial charge on any atom is 0.0536 e. The van der Waals surface area contributed by atoms with Crippen molar-refractivity contribution in [3.8, 4) is 0 Å². The maximum absolute atomic E-state index is 3.75. The second kappa shape index (κ2) is 3.98. The van der Waals surface area contributed by atoms with Crippen molar-refractivity contribution in [2.24, 2.45) is 11.8 Å². The molecule has 20 heavy (non-hydrogen) atoms. The second-order valence-electron chi connectivity index (χ2n) is 6.62. The summed E-state index contributed by atoms with van der Waals surface area (Å²) in [5.74, 6) is 1.70. The molecule has 1 aromatic carbocycles. The molecule has 1 aromatic heterocycles. The number of nitrogens with one attached hydrogen (secondary N) is 1. The molecule has 2 aromatic rings. The van der Waals surface area contributed by atoms with Gasteiger partial charge in [-0.3, -0.25) is 4.90 Å². The molecule has 0 saturated carbocycles. The first-order chi connectivity index (χ1) is 9.92. The van der Waals surface area contributed by atoms with Crippen LogP contribution in [0.15, 0.2) is 36.4 Å². The monoisotopic (exact) mass is 264 g/mol. The Morgan fingerprint density at radius 3 is 3.00 bits per heavy atom. The van der Waals surface area contributed by atoms with Gasteiger partial charge in [-0.25, -0.2) is 0 Å². The van der Waals surface area contributed by atoms with Crippen LogP contribution < -0.4 is 0 Å². The molecule has 3 atom stereocenters. The van der Waals surface area contributed by atoms with Gasteiger partial charge in [-0.2, -0.15) is 0 Å². The lowest BCUT2D eigenvalue weighted by molar-refractivity contribution is 0.211. The quantitative estimate of drug-likeness (QED) is 0.719. The van der Waals surface area contributed by atoms with Gasteiger partial charge in [0.25, 0.3) is 0 Å². The molecule has 2 nitrogen and oxygen atoms in total. The Hall–Kier alpha value is -1.54. The van der Waals surface area contributed by atoms with Crippen molar-refractivity contribution in [3.05, 3.63) is 47.7 Å². The van der Waals surface area contributed by atoms with E-state index in [9.17, 15) is 0 Å². The normalized spacial score (nSPS) is 32.1. The summed E-state index contributed by atoms with van der Waals surface area (Å²) >= 11 is 0. The number of para-hydroxylation sites is 1. The van der Waals surface area contributed by atoms with Gasteiger partial charge in [-0.05, 0) is 42.7 Å². The van der Waals surface area contributed by atoms with Gasteiger partial charge in [0, 0.05) is 29.7 Å². The third kappa shape index (κ3) is 1.38. The number of rotatable bonds is 0. The third-order valence-electron chi connectivity index (χ3n) is 5.68. The fraction of sp³-hybridized carbons (Fsp3) is 0.444. The van der Waals surface area contributed by atoms with E-state index in [0.29, 0.717) is 6.04 Å². The van der Waals surface area contributed by atoms with Gasteiger partial charge in [-0.15, -0.1) is 0 Å². The van der Waals surface area contributed by atoms with Gasteiger partial charge < -0.3 is 4.98 Å². The van der Waals surface area contributed by atoms with E-state index in [1.807, 2.05) is 0 Å². The van der Waals surface area contributed by atoms with E-state index >= 15 is 0 Å². The molecular weight excluding hydrogens is 244 g/mol. The summed E-state index contributed by atoms with van der Waals surface area (Å²) in [6.45, 7) is 2.54. The minimum Gasteiger partial charge on any atom is -0.357 e. The van der Waals surface area contributed by atoms with Gasteiger partial charge in [0.05, 0.1) is 6.04 Å². The molecular formula is C18H20N2. The Kier molecular flexibility index (Phi) is 2.22. The summed E-state index contributed by atoms with van der Waals surface area (Å²) in [4.78, 5) is 6.49. The van der Waals surface area contributed by atoms with Crippen LogP contribution in [0.5, 0.6) is 0 Å².